The van der Waals surface area contributed by atoms with Crippen LogP contribution in [0.2, 0.25) is 0 Å². The quantitative estimate of drug-likeness (QED) is 0.615. The Hall–Kier alpha value is -0.0000000000000000763. The normalized spacial score (nSPS) is 10.8. The van der Waals surface area contributed by atoms with Gasteiger partial charge in [0.05, 0.1) is 0 Å². The molecule has 2 atom stereocenters. The minimum Gasteiger partial charge on any atom is -0.412 e. The van der Waals surface area contributed by atoms with Crippen molar-refractivity contribution in [3.8, 4) is 0 Å². The largest absolute Gasteiger partial charge is 0.745 e. The summed E-state index contributed by atoms with van der Waals surface area (Å²) in [5.74, 6) is 0. The van der Waals surface area contributed by atoms with Gasteiger partial charge in [-0.25, -0.2) is 0 Å². The van der Waals surface area contributed by atoms with Crippen LogP contribution in [0.25, 0.3) is 0 Å². The van der Waals surface area contributed by atoms with Crippen molar-refractivity contribution in [2.75, 3.05) is 21.1 Å². The minimum absolute atomic E-state index is 0. The van der Waals surface area contributed by atoms with E-state index in [4.69, 9.17) is 9.79 Å². The molecule has 4 N–H and O–H groups in total. The maximum Gasteiger partial charge on any atom is 0.745 e. The van der Waals surface area contributed by atoms with Crippen LogP contribution < -0.4 is 0 Å². The first-order valence-electron chi connectivity index (χ1n) is 2.47. The fourth-order valence-electron chi connectivity index (χ4n) is 0.0598. The molecule has 0 aromatic carbocycles. The van der Waals surface area contributed by atoms with Crippen molar-refractivity contribution in [3.05, 3.63) is 0 Å². The highest BCUT2D eigenvalue weighted by Gasteiger charge is 2.31. The van der Waals surface area contributed by atoms with Crippen LogP contribution in [0.15, 0.2) is 0 Å². The van der Waals surface area contributed by atoms with Crippen molar-refractivity contribution in [1.29, 1.82) is 0 Å². The van der Waals surface area contributed by atoms with Gasteiger partial charge in [-0.1, -0.05) is 0 Å². The van der Waals surface area contributed by atoms with Gasteiger partial charge in [0, 0.05) is 9.13 Å². The van der Waals surface area contributed by atoms with Gasteiger partial charge < -0.3 is 10.4 Å². The van der Waals surface area contributed by atoms with Crippen LogP contribution in [0.4, 0.5) is 0 Å². The summed E-state index contributed by atoms with van der Waals surface area (Å²) >= 11 is 0. The molecule has 7 nitrogen and oxygen atoms in total. The first-order valence-corrected chi connectivity index (χ1v) is 4.73. The standard InChI is InChI=1S/C3H9N.O5P2.H2O/c1-4(2)3;1-6(2)5-7(3)4;/h1-3H3;;1H2/p+2. The van der Waals surface area contributed by atoms with Crippen LogP contribution in [-0.4, -0.2) is 41.3 Å². The Bertz CT molecular complexity index is 124. The van der Waals surface area contributed by atoms with Crippen LogP contribution in [0.1, 0.15) is 0 Å². The third-order valence-corrected chi connectivity index (χ3v) is 1.26. The number of rotatable bonds is 2. The van der Waals surface area contributed by atoms with E-state index in [0.717, 1.165) is 0 Å². The van der Waals surface area contributed by atoms with Crippen LogP contribution >= 0.6 is 16.5 Å². The third kappa shape index (κ3) is 50.6. The van der Waals surface area contributed by atoms with Crippen LogP contribution in [0.3, 0.4) is 0 Å². The molecule has 0 saturated carbocycles. The van der Waals surface area contributed by atoms with E-state index in [1.807, 2.05) is 26.0 Å². The van der Waals surface area contributed by atoms with Gasteiger partial charge in [-0.15, -0.1) is 9.79 Å². The summed E-state index contributed by atoms with van der Waals surface area (Å²) in [6.45, 7) is 0. The topological polar surface area (TPSA) is 119 Å². The van der Waals surface area contributed by atoms with E-state index < -0.39 is 16.5 Å². The third-order valence-electron chi connectivity index (χ3n) is 0.140. The van der Waals surface area contributed by atoms with E-state index >= 15 is 0 Å². The molecule has 0 aliphatic heterocycles. The van der Waals surface area contributed by atoms with Gasteiger partial charge in [0.1, 0.15) is 0 Å². The molecule has 0 heterocycles. The fourth-order valence-corrected chi connectivity index (χ4v) is 0.538. The van der Waals surface area contributed by atoms with Crippen molar-refractivity contribution >= 4 is 16.5 Å². The predicted octanol–water partition coefficient (Wildman–Crippen LogP) is -0.345. The molecule has 74 valence electrons. The van der Waals surface area contributed by atoms with Crippen molar-refractivity contribution in [1.82, 2.24) is 4.90 Å². The summed E-state index contributed by atoms with van der Waals surface area (Å²) in [7, 11) is 0.153. The molecule has 0 rings (SSSR count). The second-order valence-corrected chi connectivity index (χ2v) is 3.50. The number of hydrogen-bond donors (Lipinski definition) is 2. The SMILES string of the molecule is CN(C)C.O.O=[P+](O)O[P+](=O)O. The van der Waals surface area contributed by atoms with E-state index in [-0.39, 0.29) is 5.48 Å². The summed E-state index contributed by atoms with van der Waals surface area (Å²) in [5.41, 5.74) is 0. The average molecular weight is 221 g/mol. The Labute approximate surface area is 72.2 Å². The lowest BCUT2D eigenvalue weighted by Crippen LogP contribution is -1.99. The second-order valence-electron chi connectivity index (χ2n) is 1.90. The molecule has 0 amide bonds. The highest BCUT2D eigenvalue weighted by atomic mass is 31.2. The lowest BCUT2D eigenvalue weighted by Gasteiger charge is -1.90. The highest BCUT2D eigenvalue weighted by Crippen LogP contribution is 2.30. The zero-order valence-electron chi connectivity index (χ0n) is 6.96. The van der Waals surface area contributed by atoms with Crippen LogP contribution in [0.5, 0.6) is 0 Å². The monoisotopic (exact) mass is 221 g/mol. The number of hydrogen-bond acceptors (Lipinski definition) is 4. The van der Waals surface area contributed by atoms with Crippen molar-refractivity contribution in [2.24, 2.45) is 0 Å². The van der Waals surface area contributed by atoms with Gasteiger partial charge in [-0.3, -0.25) is 0 Å². The molecule has 2 unspecified atom stereocenters. The Balaban J connectivity index is -0.000000142. The minimum atomic E-state index is -2.92. The zero-order chi connectivity index (χ0) is 9.44. The molecule has 0 bridgehead atoms. The van der Waals surface area contributed by atoms with E-state index in [9.17, 15) is 9.13 Å². The maximum absolute atomic E-state index is 9.39. The summed E-state index contributed by atoms with van der Waals surface area (Å²) in [6, 6.07) is 0. The fraction of sp³-hybridized carbons (Fsp3) is 1.00. The van der Waals surface area contributed by atoms with Crippen molar-refractivity contribution < 1.29 is 28.7 Å². The molecule has 0 aliphatic rings. The molecular weight excluding hydrogens is 208 g/mol. The molecule has 12 heavy (non-hydrogen) atoms. The Morgan fingerprint density at radius 3 is 1.25 bits per heavy atom. The molecule has 0 spiro atoms. The summed E-state index contributed by atoms with van der Waals surface area (Å²) < 4.78 is 22.2. The second kappa shape index (κ2) is 11.0. The molecular formula is C3H13NO6P2+2. The molecule has 0 aliphatic carbocycles. The van der Waals surface area contributed by atoms with E-state index in [1.165, 1.54) is 0 Å². The molecule has 0 aromatic heterocycles. The molecule has 0 saturated heterocycles. The zero-order valence-corrected chi connectivity index (χ0v) is 8.75. The predicted molar refractivity (Wildman–Crippen MR) is 44.0 cm³/mol. The average Bonchev–Trinajstić information content (AvgIpc) is 1.56. The van der Waals surface area contributed by atoms with Crippen molar-refractivity contribution in [3.63, 3.8) is 0 Å². The van der Waals surface area contributed by atoms with Gasteiger partial charge >= 0.3 is 16.5 Å². The lowest BCUT2D eigenvalue weighted by molar-refractivity contribution is 0.371. The van der Waals surface area contributed by atoms with Gasteiger partial charge in [0.2, 0.25) is 0 Å². The molecule has 0 aromatic rings. The lowest BCUT2D eigenvalue weighted by atomic mass is 11.0. The van der Waals surface area contributed by atoms with Crippen LogP contribution in [-0.2, 0) is 13.4 Å². The smallest absolute Gasteiger partial charge is 0.412 e. The van der Waals surface area contributed by atoms with E-state index in [1.54, 1.807) is 0 Å². The Kier molecular flexibility index (Phi) is 16.4. The highest BCUT2D eigenvalue weighted by molar-refractivity contribution is 7.46. The van der Waals surface area contributed by atoms with Gasteiger partial charge in [-0.2, -0.15) is 0 Å². The van der Waals surface area contributed by atoms with Gasteiger partial charge in [0.25, 0.3) is 0 Å². The first kappa shape index (κ1) is 17.9. The summed E-state index contributed by atoms with van der Waals surface area (Å²) in [5, 5.41) is 0. The summed E-state index contributed by atoms with van der Waals surface area (Å²) in [4.78, 5) is 17.3. The number of nitrogens with zero attached hydrogens (tertiary/aromatic N) is 1. The Morgan fingerprint density at radius 2 is 1.25 bits per heavy atom. The summed E-state index contributed by atoms with van der Waals surface area (Å²) in [6.07, 6.45) is 0. The molecule has 0 radical (unpaired) electrons. The van der Waals surface area contributed by atoms with Crippen LogP contribution in [0, 0.1) is 0 Å². The molecule has 9 heteroatoms. The maximum atomic E-state index is 9.39. The first-order chi connectivity index (χ1) is 4.86. The van der Waals surface area contributed by atoms with Crippen molar-refractivity contribution in [2.45, 2.75) is 0 Å². The van der Waals surface area contributed by atoms with Gasteiger partial charge in [0.15, 0.2) is 4.31 Å². The molecule has 0 fully saturated rings. The van der Waals surface area contributed by atoms with E-state index in [2.05, 4.69) is 4.31 Å². The Morgan fingerprint density at radius 1 is 1.08 bits per heavy atom. The van der Waals surface area contributed by atoms with E-state index in [0.29, 0.717) is 0 Å². The van der Waals surface area contributed by atoms with Gasteiger partial charge in [-0.05, 0) is 21.1 Å².